The lowest BCUT2D eigenvalue weighted by Crippen LogP contribution is -2.33. The maximum Gasteiger partial charge on any atom is 0.322 e. The van der Waals surface area contributed by atoms with Crippen molar-refractivity contribution in [3.63, 3.8) is 0 Å². The Morgan fingerprint density at radius 1 is 1.58 bits per heavy atom. The zero-order valence-electron chi connectivity index (χ0n) is 10.3. The lowest BCUT2D eigenvalue weighted by atomic mass is 10.1. The van der Waals surface area contributed by atoms with Crippen molar-refractivity contribution >= 4 is 22.6 Å². The zero-order chi connectivity index (χ0) is 14.0. The molecule has 0 amide bonds. The summed E-state index contributed by atoms with van der Waals surface area (Å²) in [4.78, 5) is 24.4. The predicted octanol–water partition coefficient (Wildman–Crippen LogP) is 1.12. The minimum Gasteiger partial charge on any atom is -0.468 e. The molecule has 0 unspecified atom stereocenters. The van der Waals surface area contributed by atoms with Gasteiger partial charge >= 0.3 is 5.97 Å². The molecule has 0 aliphatic carbocycles. The number of carbonyl (C=O) groups excluding carboxylic acids is 1. The van der Waals surface area contributed by atoms with Gasteiger partial charge in [-0.05, 0) is 11.6 Å². The highest BCUT2D eigenvalue weighted by Crippen LogP contribution is 2.24. The molecule has 2 rings (SSSR count). The quantitative estimate of drug-likeness (QED) is 0.487. The van der Waals surface area contributed by atoms with Crippen LogP contribution >= 0.6 is 0 Å². The zero-order valence-corrected chi connectivity index (χ0v) is 10.3. The highest BCUT2D eigenvalue weighted by Gasteiger charge is 2.17. The molecule has 1 atom stereocenters. The number of hydrogen-bond acceptors (Lipinski definition) is 5. The van der Waals surface area contributed by atoms with Crippen LogP contribution in [0.4, 0.5) is 5.69 Å². The first kappa shape index (κ1) is 13.0. The van der Waals surface area contributed by atoms with Crippen LogP contribution in [0.1, 0.15) is 5.56 Å². The Morgan fingerprint density at radius 2 is 2.32 bits per heavy atom. The van der Waals surface area contributed by atoms with E-state index in [9.17, 15) is 14.9 Å². The molecule has 0 aliphatic heterocycles. The van der Waals surface area contributed by atoms with Gasteiger partial charge < -0.3 is 15.5 Å². The van der Waals surface area contributed by atoms with Crippen LogP contribution in [0.2, 0.25) is 0 Å². The summed E-state index contributed by atoms with van der Waals surface area (Å²) in [5, 5.41) is 11.5. The van der Waals surface area contributed by atoms with Crippen molar-refractivity contribution in [3.8, 4) is 0 Å². The number of hydrogen-bond donors (Lipinski definition) is 2. The molecule has 0 bridgehead atoms. The third-order valence-electron chi connectivity index (χ3n) is 2.91. The number of ether oxygens (including phenoxy) is 1. The van der Waals surface area contributed by atoms with E-state index in [2.05, 4.69) is 9.72 Å². The minimum absolute atomic E-state index is 0.0122. The lowest BCUT2D eigenvalue weighted by molar-refractivity contribution is -0.384. The first-order chi connectivity index (χ1) is 9.02. The van der Waals surface area contributed by atoms with Crippen LogP contribution in [0.3, 0.4) is 0 Å². The van der Waals surface area contributed by atoms with Gasteiger partial charge in [-0.3, -0.25) is 14.9 Å². The number of methoxy groups -OCH3 is 1. The second-order valence-corrected chi connectivity index (χ2v) is 4.13. The summed E-state index contributed by atoms with van der Waals surface area (Å²) in [5.74, 6) is -0.490. The third-order valence-corrected chi connectivity index (χ3v) is 2.91. The van der Waals surface area contributed by atoms with Gasteiger partial charge in [0.25, 0.3) is 5.69 Å². The highest BCUT2D eigenvalue weighted by molar-refractivity contribution is 5.86. The molecule has 1 aromatic carbocycles. The average molecular weight is 263 g/mol. The molecule has 1 aromatic heterocycles. The second kappa shape index (κ2) is 5.07. The summed E-state index contributed by atoms with van der Waals surface area (Å²) in [6, 6.07) is 3.76. The van der Waals surface area contributed by atoms with Crippen LogP contribution in [-0.2, 0) is 16.0 Å². The van der Waals surface area contributed by atoms with Gasteiger partial charge in [-0.2, -0.15) is 0 Å². The van der Waals surface area contributed by atoms with Crippen molar-refractivity contribution in [3.05, 3.63) is 40.1 Å². The molecule has 7 heteroatoms. The third kappa shape index (κ3) is 2.55. The van der Waals surface area contributed by atoms with E-state index in [-0.39, 0.29) is 5.69 Å². The number of fused-ring (bicyclic) bond motifs is 1. The van der Waals surface area contributed by atoms with Gasteiger partial charge in [-0.15, -0.1) is 0 Å². The number of esters is 1. The van der Waals surface area contributed by atoms with Crippen LogP contribution in [0.5, 0.6) is 0 Å². The van der Waals surface area contributed by atoms with E-state index in [1.807, 2.05) is 0 Å². The number of non-ortho nitro benzene ring substituents is 1. The molecule has 2 aromatic rings. The molecule has 0 radical (unpaired) electrons. The summed E-state index contributed by atoms with van der Waals surface area (Å²) >= 11 is 0. The number of aromatic nitrogens is 1. The van der Waals surface area contributed by atoms with Gasteiger partial charge in [0.2, 0.25) is 0 Å². The molecule has 0 saturated heterocycles. The number of nitrogens with two attached hydrogens (primary N) is 1. The summed E-state index contributed by atoms with van der Waals surface area (Å²) < 4.78 is 4.56. The van der Waals surface area contributed by atoms with Gasteiger partial charge in [0, 0.05) is 30.1 Å². The van der Waals surface area contributed by atoms with E-state index in [0.717, 1.165) is 10.9 Å². The van der Waals surface area contributed by atoms with Gasteiger partial charge in [0.15, 0.2) is 0 Å². The lowest BCUT2D eigenvalue weighted by Gasteiger charge is -2.07. The van der Waals surface area contributed by atoms with Gasteiger partial charge in [-0.1, -0.05) is 0 Å². The second-order valence-electron chi connectivity index (χ2n) is 4.13. The van der Waals surface area contributed by atoms with Gasteiger partial charge in [0.1, 0.15) is 6.04 Å². The molecule has 100 valence electrons. The number of H-pyrrole nitrogens is 1. The highest BCUT2D eigenvalue weighted by atomic mass is 16.6. The smallest absolute Gasteiger partial charge is 0.322 e. The molecule has 7 nitrogen and oxygen atoms in total. The van der Waals surface area contributed by atoms with Crippen LogP contribution in [0.25, 0.3) is 10.9 Å². The fraction of sp³-hybridized carbons (Fsp3) is 0.250. The molecule has 3 N–H and O–H groups in total. The van der Waals surface area contributed by atoms with Crippen molar-refractivity contribution in [1.82, 2.24) is 4.98 Å². The number of carbonyl (C=O) groups is 1. The van der Waals surface area contributed by atoms with E-state index in [0.29, 0.717) is 11.9 Å². The summed E-state index contributed by atoms with van der Waals surface area (Å²) in [5.41, 5.74) is 7.17. The van der Waals surface area contributed by atoms with Crippen molar-refractivity contribution in [2.75, 3.05) is 7.11 Å². The Labute approximate surface area is 108 Å². The van der Waals surface area contributed by atoms with Crippen LogP contribution in [0, 0.1) is 10.1 Å². The Kier molecular flexibility index (Phi) is 3.48. The number of benzene rings is 1. The Hall–Kier alpha value is -2.41. The fourth-order valence-electron chi connectivity index (χ4n) is 1.93. The number of nitrogens with one attached hydrogen (secondary N) is 1. The minimum atomic E-state index is -0.751. The molecule has 0 spiro atoms. The van der Waals surface area contributed by atoms with Crippen molar-refractivity contribution in [2.24, 2.45) is 5.73 Å². The Morgan fingerprint density at radius 3 is 2.95 bits per heavy atom. The predicted molar refractivity (Wildman–Crippen MR) is 68.6 cm³/mol. The summed E-state index contributed by atoms with van der Waals surface area (Å²) in [6.45, 7) is 0. The number of rotatable bonds is 4. The number of nitrogens with zero attached hydrogens (tertiary/aromatic N) is 1. The van der Waals surface area contributed by atoms with E-state index in [4.69, 9.17) is 5.73 Å². The molecule has 1 heterocycles. The molecule has 0 fully saturated rings. The average Bonchev–Trinajstić information content (AvgIpc) is 2.80. The van der Waals surface area contributed by atoms with Crippen molar-refractivity contribution in [2.45, 2.75) is 12.5 Å². The van der Waals surface area contributed by atoms with Gasteiger partial charge in [-0.25, -0.2) is 0 Å². The van der Waals surface area contributed by atoms with E-state index in [1.165, 1.54) is 19.2 Å². The van der Waals surface area contributed by atoms with Crippen molar-refractivity contribution < 1.29 is 14.5 Å². The first-order valence-corrected chi connectivity index (χ1v) is 5.60. The first-order valence-electron chi connectivity index (χ1n) is 5.60. The maximum absolute atomic E-state index is 11.3. The molecule has 0 saturated carbocycles. The number of aromatic amines is 1. The summed E-state index contributed by atoms with van der Waals surface area (Å²) in [7, 11) is 1.28. The van der Waals surface area contributed by atoms with E-state index < -0.39 is 16.9 Å². The molecule has 19 heavy (non-hydrogen) atoms. The molecule has 0 aliphatic rings. The molecular formula is C12H13N3O4. The SMILES string of the molecule is COC(=O)[C@@H](N)Cc1c[nH]c2cc([N+](=O)[O-])ccc12. The Bertz CT molecular complexity index is 635. The number of nitro benzene ring substituents is 1. The Balaban J connectivity index is 2.31. The van der Waals surface area contributed by atoms with Gasteiger partial charge in [0.05, 0.1) is 17.5 Å². The van der Waals surface area contributed by atoms with Crippen LogP contribution < -0.4 is 5.73 Å². The number of nitro groups is 1. The van der Waals surface area contributed by atoms with Crippen LogP contribution in [0.15, 0.2) is 24.4 Å². The van der Waals surface area contributed by atoms with Crippen molar-refractivity contribution in [1.29, 1.82) is 0 Å². The monoisotopic (exact) mass is 263 g/mol. The fourth-order valence-corrected chi connectivity index (χ4v) is 1.93. The maximum atomic E-state index is 11.3. The summed E-state index contributed by atoms with van der Waals surface area (Å²) in [6.07, 6.45) is 2.00. The molecular weight excluding hydrogens is 250 g/mol. The normalized spacial score (nSPS) is 12.3. The van der Waals surface area contributed by atoms with Crippen LogP contribution in [-0.4, -0.2) is 29.0 Å². The largest absolute Gasteiger partial charge is 0.468 e. The van der Waals surface area contributed by atoms with E-state index in [1.54, 1.807) is 12.3 Å². The van der Waals surface area contributed by atoms with E-state index >= 15 is 0 Å². The standard InChI is InChI=1S/C12H13N3O4/c1-19-12(16)10(13)4-7-6-14-11-5-8(15(17)18)2-3-9(7)11/h2-3,5-6,10,14H,4,13H2,1H3/t10-/m0/s1. The topological polar surface area (TPSA) is 111 Å².